The van der Waals surface area contributed by atoms with Crippen molar-refractivity contribution >= 4 is 11.9 Å². The molecule has 0 bridgehead atoms. The van der Waals surface area contributed by atoms with Crippen molar-refractivity contribution in [3.8, 4) is 0 Å². The average molecular weight is 297 g/mol. The minimum absolute atomic E-state index is 0.0269. The molecule has 1 aliphatic heterocycles. The molecule has 1 saturated heterocycles. The molecule has 1 unspecified atom stereocenters. The van der Waals surface area contributed by atoms with Gasteiger partial charge < -0.3 is 19.3 Å². The fraction of sp³-hybridized carbons (Fsp3) is 0.692. The largest absolute Gasteiger partial charge is 0.480 e. The fourth-order valence-electron chi connectivity index (χ4n) is 2.07. The van der Waals surface area contributed by atoms with E-state index in [1.807, 2.05) is 13.8 Å². The molecule has 8 nitrogen and oxygen atoms in total. The third-order valence-electron chi connectivity index (χ3n) is 3.29. The molecular formula is C13H19N3O5. The van der Waals surface area contributed by atoms with Gasteiger partial charge >= 0.3 is 5.97 Å². The van der Waals surface area contributed by atoms with Crippen LogP contribution in [0, 0.1) is 0 Å². The lowest BCUT2D eigenvalue weighted by atomic mass is 10.2. The maximum Gasteiger partial charge on any atom is 0.328 e. The number of aryl methyl sites for hydroxylation is 1. The van der Waals surface area contributed by atoms with Gasteiger partial charge in [0.1, 0.15) is 0 Å². The Morgan fingerprint density at radius 2 is 2.24 bits per heavy atom. The van der Waals surface area contributed by atoms with Crippen molar-refractivity contribution < 1.29 is 24.0 Å². The summed E-state index contributed by atoms with van der Waals surface area (Å²) in [4.78, 5) is 28.8. The number of carbonyl (C=O) groups is 2. The lowest BCUT2D eigenvalue weighted by molar-refractivity contribution is -0.158. The van der Waals surface area contributed by atoms with Crippen molar-refractivity contribution in [3.05, 3.63) is 11.7 Å². The van der Waals surface area contributed by atoms with Crippen LogP contribution in [0.3, 0.4) is 0 Å². The molecule has 2 rings (SSSR count). The maximum absolute atomic E-state index is 12.1. The molecule has 1 amide bonds. The molecular weight excluding hydrogens is 278 g/mol. The average Bonchev–Trinajstić information content (AvgIpc) is 2.94. The fourth-order valence-corrected chi connectivity index (χ4v) is 2.07. The van der Waals surface area contributed by atoms with Gasteiger partial charge in [-0.1, -0.05) is 19.0 Å². The molecule has 1 aromatic heterocycles. The highest BCUT2D eigenvalue weighted by atomic mass is 16.5. The van der Waals surface area contributed by atoms with E-state index in [2.05, 4.69) is 10.1 Å². The van der Waals surface area contributed by atoms with Crippen LogP contribution in [0.5, 0.6) is 0 Å². The molecule has 1 atom stereocenters. The number of ether oxygens (including phenoxy) is 1. The number of carbonyl (C=O) groups excluding carboxylic acids is 1. The maximum atomic E-state index is 12.1. The highest BCUT2D eigenvalue weighted by molar-refractivity contribution is 5.84. The summed E-state index contributed by atoms with van der Waals surface area (Å²) >= 11 is 0. The first-order valence-corrected chi connectivity index (χ1v) is 6.91. The minimum atomic E-state index is -1.05. The number of rotatable bonds is 5. The van der Waals surface area contributed by atoms with E-state index in [1.165, 1.54) is 4.90 Å². The zero-order valence-electron chi connectivity index (χ0n) is 12.1. The molecule has 0 spiro atoms. The lowest BCUT2D eigenvalue weighted by Gasteiger charge is -2.32. The first-order valence-electron chi connectivity index (χ1n) is 6.91. The zero-order chi connectivity index (χ0) is 15.4. The SMILES string of the molecule is CC(C)c1noc(CCC(=O)N2CCOCC2C(=O)O)n1. The number of nitrogens with zero attached hydrogens (tertiary/aromatic N) is 3. The highest BCUT2D eigenvalue weighted by Gasteiger charge is 2.32. The molecule has 0 aliphatic carbocycles. The van der Waals surface area contributed by atoms with Crippen LogP contribution in [0.1, 0.15) is 37.9 Å². The monoisotopic (exact) mass is 297 g/mol. The Morgan fingerprint density at radius 1 is 1.48 bits per heavy atom. The molecule has 1 aliphatic rings. The van der Waals surface area contributed by atoms with Gasteiger partial charge in [-0.3, -0.25) is 4.79 Å². The summed E-state index contributed by atoms with van der Waals surface area (Å²) in [6, 6.07) is -0.917. The summed E-state index contributed by atoms with van der Waals surface area (Å²) in [5.74, 6) is -0.133. The van der Waals surface area contributed by atoms with Crippen molar-refractivity contribution in [2.75, 3.05) is 19.8 Å². The Bertz CT molecular complexity index is 514. The van der Waals surface area contributed by atoms with E-state index in [-0.39, 0.29) is 31.4 Å². The van der Waals surface area contributed by atoms with E-state index in [0.717, 1.165) is 0 Å². The third kappa shape index (κ3) is 3.78. The van der Waals surface area contributed by atoms with Crippen LogP contribution in [0.15, 0.2) is 4.52 Å². The molecule has 21 heavy (non-hydrogen) atoms. The predicted octanol–water partition coefficient (Wildman–Crippen LogP) is 0.438. The number of morpholine rings is 1. The number of carboxylic acid groups (broad SMARTS) is 1. The molecule has 1 N–H and O–H groups in total. The van der Waals surface area contributed by atoms with Crippen LogP contribution in [-0.2, 0) is 20.7 Å². The van der Waals surface area contributed by atoms with Gasteiger partial charge in [0, 0.05) is 25.3 Å². The van der Waals surface area contributed by atoms with Crippen LogP contribution in [0.2, 0.25) is 0 Å². The van der Waals surface area contributed by atoms with Gasteiger partial charge in [0.2, 0.25) is 11.8 Å². The molecule has 1 aromatic rings. The number of hydrogen-bond donors (Lipinski definition) is 1. The summed E-state index contributed by atoms with van der Waals surface area (Å²) < 4.78 is 10.2. The van der Waals surface area contributed by atoms with Crippen molar-refractivity contribution in [1.29, 1.82) is 0 Å². The van der Waals surface area contributed by atoms with Crippen molar-refractivity contribution in [3.63, 3.8) is 0 Å². The standard InChI is InChI=1S/C13H19N3O5/c1-8(2)12-14-10(21-15-12)3-4-11(17)16-5-6-20-7-9(16)13(18)19/h8-9H,3-7H2,1-2H3,(H,18,19). The smallest absolute Gasteiger partial charge is 0.328 e. The van der Waals surface area contributed by atoms with Gasteiger partial charge in [0.05, 0.1) is 13.2 Å². The van der Waals surface area contributed by atoms with Gasteiger partial charge in [0.15, 0.2) is 11.9 Å². The first kappa shape index (κ1) is 15.4. The molecule has 8 heteroatoms. The second-order valence-corrected chi connectivity index (χ2v) is 5.22. The molecule has 2 heterocycles. The highest BCUT2D eigenvalue weighted by Crippen LogP contribution is 2.13. The quantitative estimate of drug-likeness (QED) is 0.840. The summed E-state index contributed by atoms with van der Waals surface area (Å²) in [5.41, 5.74) is 0. The van der Waals surface area contributed by atoms with Gasteiger partial charge in [-0.15, -0.1) is 0 Å². The predicted molar refractivity (Wildman–Crippen MR) is 70.7 cm³/mol. The zero-order valence-corrected chi connectivity index (χ0v) is 12.1. The number of amides is 1. The van der Waals surface area contributed by atoms with E-state index in [1.54, 1.807) is 0 Å². The Morgan fingerprint density at radius 3 is 2.86 bits per heavy atom. The molecule has 116 valence electrons. The van der Waals surface area contributed by atoms with Gasteiger partial charge in [-0.25, -0.2) is 4.79 Å². The van der Waals surface area contributed by atoms with Crippen molar-refractivity contribution in [1.82, 2.24) is 15.0 Å². The molecule has 1 fully saturated rings. The first-order chi connectivity index (χ1) is 9.99. The van der Waals surface area contributed by atoms with Gasteiger partial charge in [0.25, 0.3) is 0 Å². The summed E-state index contributed by atoms with van der Waals surface area (Å²) in [6.45, 7) is 4.57. The number of carboxylic acids is 1. The van der Waals surface area contributed by atoms with Crippen LogP contribution >= 0.6 is 0 Å². The molecule has 0 saturated carbocycles. The van der Waals surface area contributed by atoms with Crippen LogP contribution in [0.4, 0.5) is 0 Å². The summed E-state index contributed by atoms with van der Waals surface area (Å²) in [6.07, 6.45) is 0.450. The third-order valence-corrected chi connectivity index (χ3v) is 3.29. The Kier molecular flexibility index (Phi) is 4.89. The Hall–Kier alpha value is -1.96. The Balaban J connectivity index is 1.92. The van der Waals surface area contributed by atoms with Crippen molar-refractivity contribution in [2.45, 2.75) is 38.6 Å². The van der Waals surface area contributed by atoms with Gasteiger partial charge in [-0.05, 0) is 0 Å². The van der Waals surface area contributed by atoms with E-state index in [4.69, 9.17) is 14.4 Å². The van der Waals surface area contributed by atoms with Crippen molar-refractivity contribution in [2.24, 2.45) is 0 Å². The van der Waals surface area contributed by atoms with E-state index in [9.17, 15) is 9.59 Å². The normalized spacial score (nSPS) is 19.0. The second-order valence-electron chi connectivity index (χ2n) is 5.22. The summed E-state index contributed by atoms with van der Waals surface area (Å²) in [7, 11) is 0. The van der Waals surface area contributed by atoms with E-state index in [0.29, 0.717) is 24.7 Å². The minimum Gasteiger partial charge on any atom is -0.480 e. The van der Waals surface area contributed by atoms with Crippen LogP contribution in [-0.4, -0.2) is 57.8 Å². The topological polar surface area (TPSA) is 106 Å². The second kappa shape index (κ2) is 6.66. The lowest BCUT2D eigenvalue weighted by Crippen LogP contribution is -2.52. The molecule has 0 radical (unpaired) electrons. The summed E-state index contributed by atoms with van der Waals surface area (Å²) in [5, 5.41) is 12.9. The number of aromatic nitrogens is 2. The van der Waals surface area contributed by atoms with Gasteiger partial charge in [-0.2, -0.15) is 4.98 Å². The number of aliphatic carboxylic acids is 1. The van der Waals surface area contributed by atoms with E-state index < -0.39 is 12.0 Å². The van der Waals surface area contributed by atoms with Crippen LogP contribution < -0.4 is 0 Å². The Labute approximate surface area is 122 Å². The number of hydrogen-bond acceptors (Lipinski definition) is 6. The van der Waals surface area contributed by atoms with E-state index >= 15 is 0 Å². The molecule has 0 aromatic carbocycles. The van der Waals surface area contributed by atoms with Crippen LogP contribution in [0.25, 0.3) is 0 Å².